The number of amides is 1. The number of anilines is 1. The molecule has 0 fully saturated rings. The molecule has 0 unspecified atom stereocenters. The first-order chi connectivity index (χ1) is 9.96. The van der Waals surface area contributed by atoms with Crippen molar-refractivity contribution in [3.63, 3.8) is 0 Å². The molecule has 0 spiro atoms. The third-order valence-electron chi connectivity index (χ3n) is 3.32. The molecule has 0 aliphatic heterocycles. The second-order valence-corrected chi connectivity index (χ2v) is 5.53. The van der Waals surface area contributed by atoms with E-state index in [4.69, 9.17) is 15.2 Å². The van der Waals surface area contributed by atoms with Gasteiger partial charge in [-0.05, 0) is 38.0 Å². The molecule has 1 amide bonds. The fourth-order valence-corrected chi connectivity index (χ4v) is 1.69. The standard InChI is InChI=1S/C16H26N2O3/c1-16(2,20-3)8-10-21-9-7-15(19)18-14-6-4-5-13(11-14)12-17/h4-6,11H,7-10,12,17H2,1-3H3,(H,18,19). The molecule has 0 atom stereocenters. The van der Waals surface area contributed by atoms with Crippen molar-refractivity contribution in [2.24, 2.45) is 5.73 Å². The Morgan fingerprint density at radius 1 is 1.33 bits per heavy atom. The summed E-state index contributed by atoms with van der Waals surface area (Å²) in [7, 11) is 1.68. The maximum absolute atomic E-state index is 11.8. The first-order valence-corrected chi connectivity index (χ1v) is 7.18. The number of methoxy groups -OCH3 is 1. The van der Waals surface area contributed by atoms with Crippen LogP contribution in [0.25, 0.3) is 0 Å². The highest BCUT2D eigenvalue weighted by molar-refractivity contribution is 5.90. The SMILES string of the molecule is COC(C)(C)CCOCCC(=O)Nc1cccc(CN)c1. The number of hydrogen-bond donors (Lipinski definition) is 2. The van der Waals surface area contributed by atoms with E-state index in [-0.39, 0.29) is 11.5 Å². The number of rotatable bonds is 9. The van der Waals surface area contributed by atoms with Crippen LogP contribution in [-0.4, -0.2) is 31.8 Å². The van der Waals surface area contributed by atoms with Gasteiger partial charge in [0.15, 0.2) is 0 Å². The Labute approximate surface area is 126 Å². The Kier molecular flexibility index (Phi) is 7.36. The van der Waals surface area contributed by atoms with Crippen LogP contribution < -0.4 is 11.1 Å². The van der Waals surface area contributed by atoms with Gasteiger partial charge in [0.25, 0.3) is 0 Å². The van der Waals surface area contributed by atoms with E-state index in [9.17, 15) is 4.79 Å². The zero-order valence-corrected chi connectivity index (χ0v) is 13.1. The number of carbonyl (C=O) groups is 1. The predicted octanol–water partition coefficient (Wildman–Crippen LogP) is 2.31. The Balaban J connectivity index is 2.22. The van der Waals surface area contributed by atoms with Crippen LogP contribution in [0.3, 0.4) is 0 Å². The fraction of sp³-hybridized carbons (Fsp3) is 0.562. The van der Waals surface area contributed by atoms with E-state index in [1.165, 1.54) is 0 Å². The average molecular weight is 294 g/mol. The quantitative estimate of drug-likeness (QED) is 0.685. The maximum Gasteiger partial charge on any atom is 0.226 e. The van der Waals surface area contributed by atoms with Gasteiger partial charge < -0.3 is 20.5 Å². The van der Waals surface area contributed by atoms with Gasteiger partial charge in [0.1, 0.15) is 0 Å². The zero-order chi connectivity index (χ0) is 15.7. The monoisotopic (exact) mass is 294 g/mol. The average Bonchev–Trinajstić information content (AvgIpc) is 2.47. The summed E-state index contributed by atoms with van der Waals surface area (Å²) in [6.45, 7) is 5.46. The lowest BCUT2D eigenvalue weighted by Crippen LogP contribution is -2.24. The maximum atomic E-state index is 11.8. The highest BCUT2D eigenvalue weighted by Crippen LogP contribution is 2.13. The Morgan fingerprint density at radius 2 is 2.10 bits per heavy atom. The number of hydrogen-bond acceptors (Lipinski definition) is 4. The minimum absolute atomic E-state index is 0.0600. The molecule has 0 aliphatic carbocycles. The molecule has 0 aromatic heterocycles. The van der Waals surface area contributed by atoms with Crippen molar-refractivity contribution in [2.45, 2.75) is 38.8 Å². The normalized spacial score (nSPS) is 11.4. The van der Waals surface area contributed by atoms with E-state index in [1.807, 2.05) is 38.1 Å². The molecular formula is C16H26N2O3. The molecule has 3 N–H and O–H groups in total. The molecule has 0 heterocycles. The summed E-state index contributed by atoms with van der Waals surface area (Å²) >= 11 is 0. The van der Waals surface area contributed by atoms with Crippen molar-refractivity contribution in [3.05, 3.63) is 29.8 Å². The van der Waals surface area contributed by atoms with Crippen molar-refractivity contribution >= 4 is 11.6 Å². The second kappa shape index (κ2) is 8.77. The Bertz CT molecular complexity index is 447. The molecular weight excluding hydrogens is 268 g/mol. The third kappa shape index (κ3) is 7.22. The second-order valence-electron chi connectivity index (χ2n) is 5.53. The van der Waals surface area contributed by atoms with Crippen LogP contribution in [0.1, 0.15) is 32.3 Å². The number of benzene rings is 1. The van der Waals surface area contributed by atoms with Gasteiger partial charge in [-0.1, -0.05) is 12.1 Å². The number of ether oxygens (including phenoxy) is 2. The third-order valence-corrected chi connectivity index (χ3v) is 3.32. The number of nitrogens with one attached hydrogen (secondary N) is 1. The van der Waals surface area contributed by atoms with E-state index >= 15 is 0 Å². The summed E-state index contributed by atoms with van der Waals surface area (Å²) in [4.78, 5) is 11.8. The summed E-state index contributed by atoms with van der Waals surface area (Å²) in [5, 5.41) is 2.84. The van der Waals surface area contributed by atoms with Crippen LogP contribution in [0.2, 0.25) is 0 Å². The van der Waals surface area contributed by atoms with Crippen LogP contribution >= 0.6 is 0 Å². The molecule has 1 rings (SSSR count). The highest BCUT2D eigenvalue weighted by Gasteiger charge is 2.15. The van der Waals surface area contributed by atoms with E-state index in [2.05, 4.69) is 5.32 Å². The summed E-state index contributed by atoms with van der Waals surface area (Å²) in [5.41, 5.74) is 7.14. The fourth-order valence-electron chi connectivity index (χ4n) is 1.69. The zero-order valence-electron chi connectivity index (χ0n) is 13.1. The summed E-state index contributed by atoms with van der Waals surface area (Å²) < 4.78 is 10.8. The molecule has 0 saturated carbocycles. The molecule has 5 heteroatoms. The first kappa shape index (κ1) is 17.6. The van der Waals surface area contributed by atoms with E-state index in [0.29, 0.717) is 26.2 Å². The lowest BCUT2D eigenvalue weighted by Gasteiger charge is -2.22. The van der Waals surface area contributed by atoms with E-state index in [0.717, 1.165) is 17.7 Å². The first-order valence-electron chi connectivity index (χ1n) is 7.18. The molecule has 0 bridgehead atoms. The van der Waals surface area contributed by atoms with Gasteiger partial charge >= 0.3 is 0 Å². The van der Waals surface area contributed by atoms with Crippen LogP contribution in [0.15, 0.2) is 24.3 Å². The molecule has 21 heavy (non-hydrogen) atoms. The van der Waals surface area contributed by atoms with E-state index < -0.39 is 0 Å². The molecule has 0 radical (unpaired) electrons. The van der Waals surface area contributed by atoms with Gasteiger partial charge in [-0.25, -0.2) is 0 Å². The predicted molar refractivity (Wildman–Crippen MR) is 84.1 cm³/mol. The van der Waals surface area contributed by atoms with Crippen molar-refractivity contribution in [3.8, 4) is 0 Å². The van der Waals surface area contributed by atoms with Crippen LogP contribution in [-0.2, 0) is 20.8 Å². The van der Waals surface area contributed by atoms with Crippen molar-refractivity contribution in [2.75, 3.05) is 25.6 Å². The Morgan fingerprint density at radius 3 is 2.76 bits per heavy atom. The lowest BCUT2D eigenvalue weighted by atomic mass is 10.1. The van der Waals surface area contributed by atoms with E-state index in [1.54, 1.807) is 7.11 Å². The minimum atomic E-state index is -0.190. The molecule has 5 nitrogen and oxygen atoms in total. The van der Waals surface area contributed by atoms with Gasteiger partial charge in [-0.15, -0.1) is 0 Å². The molecule has 0 aliphatic rings. The van der Waals surface area contributed by atoms with Crippen LogP contribution in [0.5, 0.6) is 0 Å². The van der Waals surface area contributed by atoms with Gasteiger partial charge in [-0.3, -0.25) is 4.79 Å². The van der Waals surface area contributed by atoms with Gasteiger partial charge in [0.05, 0.1) is 18.6 Å². The number of nitrogens with two attached hydrogens (primary N) is 1. The van der Waals surface area contributed by atoms with Gasteiger partial charge in [-0.2, -0.15) is 0 Å². The van der Waals surface area contributed by atoms with Crippen LogP contribution in [0.4, 0.5) is 5.69 Å². The van der Waals surface area contributed by atoms with Gasteiger partial charge in [0, 0.05) is 25.9 Å². The van der Waals surface area contributed by atoms with Crippen molar-refractivity contribution < 1.29 is 14.3 Å². The largest absolute Gasteiger partial charge is 0.381 e. The summed E-state index contributed by atoms with van der Waals surface area (Å²) in [6.07, 6.45) is 1.13. The lowest BCUT2D eigenvalue weighted by molar-refractivity contribution is -0.117. The van der Waals surface area contributed by atoms with Gasteiger partial charge in [0.2, 0.25) is 5.91 Å². The molecule has 0 saturated heterocycles. The summed E-state index contributed by atoms with van der Waals surface area (Å²) in [6, 6.07) is 7.52. The van der Waals surface area contributed by atoms with Crippen molar-refractivity contribution in [1.29, 1.82) is 0 Å². The van der Waals surface area contributed by atoms with Crippen LogP contribution in [0, 0.1) is 0 Å². The molecule has 118 valence electrons. The van der Waals surface area contributed by atoms with Crippen molar-refractivity contribution in [1.82, 2.24) is 0 Å². The Hall–Kier alpha value is -1.43. The number of carbonyl (C=O) groups excluding carboxylic acids is 1. The minimum Gasteiger partial charge on any atom is -0.381 e. The molecule has 1 aromatic carbocycles. The molecule has 1 aromatic rings. The summed E-state index contributed by atoms with van der Waals surface area (Å²) in [5.74, 6) is -0.0600. The highest BCUT2D eigenvalue weighted by atomic mass is 16.5. The smallest absolute Gasteiger partial charge is 0.226 e. The topological polar surface area (TPSA) is 73.6 Å².